The molecule has 0 spiro atoms. The van der Waals surface area contributed by atoms with Gasteiger partial charge in [-0.2, -0.15) is 4.31 Å². The number of nitrogens with one attached hydrogen (secondary N) is 1. The van der Waals surface area contributed by atoms with Crippen molar-refractivity contribution in [3.05, 3.63) is 22.9 Å². The van der Waals surface area contributed by atoms with Gasteiger partial charge < -0.3 is 5.32 Å². The molecule has 1 aromatic rings. The molecule has 2 aliphatic rings. The van der Waals surface area contributed by atoms with Crippen LogP contribution in [0.5, 0.6) is 0 Å². The number of piperazine rings is 1. The molecule has 0 radical (unpaired) electrons. The lowest BCUT2D eigenvalue weighted by molar-refractivity contribution is 0.0773. The third-order valence-electron chi connectivity index (χ3n) is 3.81. The highest BCUT2D eigenvalue weighted by molar-refractivity contribution is 9.10. The second-order valence-electron chi connectivity index (χ2n) is 5.10. The zero-order chi connectivity index (χ0) is 14.2. The van der Waals surface area contributed by atoms with Gasteiger partial charge in [0.05, 0.1) is 0 Å². The van der Waals surface area contributed by atoms with Crippen molar-refractivity contribution in [2.45, 2.75) is 10.9 Å². The molecule has 110 valence electrons. The van der Waals surface area contributed by atoms with E-state index in [2.05, 4.69) is 31.1 Å². The van der Waals surface area contributed by atoms with Gasteiger partial charge in [-0.1, -0.05) is 0 Å². The van der Waals surface area contributed by atoms with Gasteiger partial charge in [-0.05, 0) is 22.0 Å². The molecule has 3 heterocycles. The largest absolute Gasteiger partial charge is 0.314 e. The number of nitrogens with zero attached hydrogens (tertiary/aromatic N) is 3. The number of aromatic nitrogens is 1. The first kappa shape index (κ1) is 14.4. The summed E-state index contributed by atoms with van der Waals surface area (Å²) in [7, 11) is -3.40. The summed E-state index contributed by atoms with van der Waals surface area (Å²) in [5.41, 5.74) is 0. The molecule has 0 aliphatic carbocycles. The fourth-order valence-corrected chi connectivity index (χ4v) is 4.59. The number of pyridine rings is 1. The maximum Gasteiger partial charge on any atom is 0.244 e. The van der Waals surface area contributed by atoms with Gasteiger partial charge in [-0.15, -0.1) is 0 Å². The molecular formula is C12H17BrN4O2S. The van der Waals surface area contributed by atoms with Crippen molar-refractivity contribution in [1.82, 2.24) is 19.5 Å². The van der Waals surface area contributed by atoms with Crippen LogP contribution in [0.1, 0.15) is 0 Å². The van der Waals surface area contributed by atoms with Gasteiger partial charge in [0, 0.05) is 62.2 Å². The highest BCUT2D eigenvalue weighted by Gasteiger charge is 2.39. The average molecular weight is 361 g/mol. The van der Waals surface area contributed by atoms with E-state index in [-0.39, 0.29) is 4.90 Å². The van der Waals surface area contributed by atoms with E-state index in [0.717, 1.165) is 26.2 Å². The van der Waals surface area contributed by atoms with E-state index >= 15 is 0 Å². The lowest BCUT2D eigenvalue weighted by Crippen LogP contribution is -2.63. The van der Waals surface area contributed by atoms with Crippen LogP contribution in [0.15, 0.2) is 27.8 Å². The molecule has 0 saturated carbocycles. The monoisotopic (exact) mass is 360 g/mol. The van der Waals surface area contributed by atoms with E-state index in [0.29, 0.717) is 23.6 Å². The number of hydrogen-bond acceptors (Lipinski definition) is 5. The Bertz CT molecular complexity index is 583. The van der Waals surface area contributed by atoms with E-state index in [4.69, 9.17) is 0 Å². The Morgan fingerprint density at radius 3 is 2.60 bits per heavy atom. The van der Waals surface area contributed by atoms with E-state index in [1.165, 1.54) is 10.5 Å². The van der Waals surface area contributed by atoms with E-state index in [1.54, 1.807) is 12.3 Å². The Labute approximate surface area is 127 Å². The van der Waals surface area contributed by atoms with Crippen molar-refractivity contribution in [2.75, 3.05) is 39.3 Å². The summed E-state index contributed by atoms with van der Waals surface area (Å²) in [6.45, 7) is 5.12. The summed E-state index contributed by atoms with van der Waals surface area (Å²) in [6.07, 6.45) is 2.98. The van der Waals surface area contributed by atoms with Crippen molar-refractivity contribution < 1.29 is 8.42 Å². The summed E-state index contributed by atoms with van der Waals surface area (Å²) < 4.78 is 27.1. The second-order valence-corrected chi connectivity index (χ2v) is 7.95. The number of hydrogen-bond donors (Lipinski definition) is 1. The molecule has 20 heavy (non-hydrogen) atoms. The number of sulfonamides is 1. The van der Waals surface area contributed by atoms with Gasteiger partial charge in [0.1, 0.15) is 4.90 Å². The molecule has 3 rings (SSSR count). The second kappa shape index (κ2) is 5.69. The van der Waals surface area contributed by atoms with Crippen LogP contribution in [0.2, 0.25) is 0 Å². The molecule has 2 aliphatic heterocycles. The summed E-state index contributed by atoms with van der Waals surface area (Å²) in [4.78, 5) is 6.55. The van der Waals surface area contributed by atoms with Gasteiger partial charge >= 0.3 is 0 Å². The van der Waals surface area contributed by atoms with Crippen LogP contribution in [-0.4, -0.2) is 67.9 Å². The van der Waals surface area contributed by atoms with Crippen molar-refractivity contribution in [2.24, 2.45) is 0 Å². The van der Waals surface area contributed by atoms with Gasteiger partial charge in [0.2, 0.25) is 10.0 Å². The van der Waals surface area contributed by atoms with E-state index < -0.39 is 10.0 Å². The molecule has 1 aromatic heterocycles. The molecule has 8 heteroatoms. The van der Waals surface area contributed by atoms with Gasteiger partial charge in [0.15, 0.2) is 0 Å². The Morgan fingerprint density at radius 1 is 1.25 bits per heavy atom. The predicted molar refractivity (Wildman–Crippen MR) is 78.9 cm³/mol. The molecule has 2 fully saturated rings. The third kappa shape index (κ3) is 2.75. The molecule has 0 unspecified atom stereocenters. The normalized spacial score (nSPS) is 22.6. The van der Waals surface area contributed by atoms with Crippen LogP contribution in [0.25, 0.3) is 0 Å². The van der Waals surface area contributed by atoms with Crippen molar-refractivity contribution in [1.29, 1.82) is 0 Å². The maximum absolute atomic E-state index is 12.4. The standard InChI is InChI=1S/C12H17BrN4O2S/c13-10-5-12(7-15-6-10)20(18,19)17-8-11(9-17)16-3-1-14-2-4-16/h5-7,11,14H,1-4,8-9H2. The summed E-state index contributed by atoms with van der Waals surface area (Å²) in [5.74, 6) is 0. The van der Waals surface area contributed by atoms with Crippen LogP contribution in [-0.2, 0) is 10.0 Å². The fraction of sp³-hybridized carbons (Fsp3) is 0.583. The quantitative estimate of drug-likeness (QED) is 0.829. The van der Waals surface area contributed by atoms with Crippen LogP contribution in [0.4, 0.5) is 0 Å². The molecule has 0 bridgehead atoms. The van der Waals surface area contributed by atoms with Gasteiger partial charge in [-0.25, -0.2) is 8.42 Å². The number of rotatable bonds is 3. The Balaban J connectivity index is 1.66. The first-order valence-electron chi connectivity index (χ1n) is 6.63. The Morgan fingerprint density at radius 2 is 1.95 bits per heavy atom. The van der Waals surface area contributed by atoms with Crippen molar-refractivity contribution >= 4 is 26.0 Å². The van der Waals surface area contributed by atoms with Gasteiger partial charge in [-0.3, -0.25) is 9.88 Å². The van der Waals surface area contributed by atoms with E-state index in [9.17, 15) is 8.42 Å². The minimum atomic E-state index is -3.40. The van der Waals surface area contributed by atoms with Gasteiger partial charge in [0.25, 0.3) is 0 Å². The zero-order valence-corrected chi connectivity index (χ0v) is 13.4. The van der Waals surface area contributed by atoms with E-state index in [1.807, 2.05) is 0 Å². The molecule has 1 N–H and O–H groups in total. The Kier molecular flexibility index (Phi) is 4.09. The summed E-state index contributed by atoms with van der Waals surface area (Å²) >= 11 is 3.26. The SMILES string of the molecule is O=S(=O)(c1cncc(Br)c1)N1CC(N2CCNCC2)C1. The first-order valence-corrected chi connectivity index (χ1v) is 8.86. The summed E-state index contributed by atoms with van der Waals surface area (Å²) in [6, 6.07) is 1.95. The van der Waals surface area contributed by atoms with Crippen molar-refractivity contribution in [3.8, 4) is 0 Å². The lowest BCUT2D eigenvalue weighted by Gasteiger charge is -2.45. The smallest absolute Gasteiger partial charge is 0.244 e. The van der Waals surface area contributed by atoms with Crippen LogP contribution in [0.3, 0.4) is 0 Å². The zero-order valence-electron chi connectivity index (χ0n) is 11.0. The maximum atomic E-state index is 12.4. The average Bonchev–Trinajstić information content (AvgIpc) is 2.38. The topological polar surface area (TPSA) is 65.5 Å². The Hall–Kier alpha value is -0.540. The summed E-state index contributed by atoms with van der Waals surface area (Å²) in [5, 5.41) is 3.30. The first-order chi connectivity index (χ1) is 9.57. The molecule has 0 amide bonds. The highest BCUT2D eigenvalue weighted by atomic mass is 79.9. The van der Waals surface area contributed by atoms with Crippen LogP contribution >= 0.6 is 15.9 Å². The highest BCUT2D eigenvalue weighted by Crippen LogP contribution is 2.25. The molecular weight excluding hydrogens is 344 g/mol. The van der Waals surface area contributed by atoms with Crippen LogP contribution in [0, 0.1) is 0 Å². The predicted octanol–water partition coefficient (Wildman–Crippen LogP) is 0.122. The fourth-order valence-electron chi connectivity index (χ4n) is 2.57. The minimum Gasteiger partial charge on any atom is -0.314 e. The molecule has 0 aromatic carbocycles. The molecule has 0 atom stereocenters. The number of halogens is 1. The van der Waals surface area contributed by atoms with Crippen LogP contribution < -0.4 is 5.32 Å². The minimum absolute atomic E-state index is 0.255. The van der Waals surface area contributed by atoms with Crippen molar-refractivity contribution in [3.63, 3.8) is 0 Å². The lowest BCUT2D eigenvalue weighted by atomic mass is 10.1. The molecule has 6 nitrogen and oxygen atoms in total. The molecule has 2 saturated heterocycles. The third-order valence-corrected chi connectivity index (χ3v) is 6.04.